The molecule has 0 aliphatic rings. The molecule has 0 saturated heterocycles. The Morgan fingerprint density at radius 3 is 2.44 bits per heavy atom. The number of carbonyl (C=O) groups is 1. The maximum atomic E-state index is 11.2. The highest BCUT2D eigenvalue weighted by molar-refractivity contribution is 5.81. The Morgan fingerprint density at radius 1 is 1.31 bits per heavy atom. The van der Waals surface area contributed by atoms with Gasteiger partial charge in [0.2, 0.25) is 0 Å². The molecular formula is C11H15NO4. The summed E-state index contributed by atoms with van der Waals surface area (Å²) in [5.74, 6) is 0.561. The van der Waals surface area contributed by atoms with Crippen LogP contribution in [0.2, 0.25) is 0 Å². The molecule has 2 N–H and O–H groups in total. The highest BCUT2D eigenvalue weighted by atomic mass is 16.5. The van der Waals surface area contributed by atoms with E-state index in [0.717, 1.165) is 0 Å². The number of rotatable bonds is 4. The third-order valence-electron chi connectivity index (χ3n) is 2.22. The predicted molar refractivity (Wildman–Crippen MR) is 58.6 cm³/mol. The van der Waals surface area contributed by atoms with Crippen LogP contribution in [0.3, 0.4) is 0 Å². The summed E-state index contributed by atoms with van der Waals surface area (Å²) in [5.41, 5.74) is 0.456. The number of benzene rings is 1. The van der Waals surface area contributed by atoms with Gasteiger partial charge in [-0.15, -0.1) is 0 Å². The fourth-order valence-electron chi connectivity index (χ4n) is 1.31. The van der Waals surface area contributed by atoms with Gasteiger partial charge in [-0.25, -0.2) is 0 Å². The highest BCUT2D eigenvalue weighted by Crippen LogP contribution is 2.29. The molecule has 16 heavy (non-hydrogen) atoms. The van der Waals surface area contributed by atoms with E-state index in [4.69, 9.17) is 9.47 Å². The van der Waals surface area contributed by atoms with Gasteiger partial charge in [0, 0.05) is 7.05 Å². The number of ether oxygens (including phenoxy) is 2. The number of nitrogens with one attached hydrogen (secondary N) is 1. The maximum Gasteiger partial charge on any atom is 0.253 e. The van der Waals surface area contributed by atoms with Gasteiger partial charge in [0.25, 0.3) is 5.91 Å². The summed E-state index contributed by atoms with van der Waals surface area (Å²) >= 11 is 0. The molecule has 0 heterocycles. The number of carbonyl (C=O) groups excluding carboxylic acids is 1. The van der Waals surface area contributed by atoms with Crippen LogP contribution in [0.25, 0.3) is 0 Å². The zero-order valence-electron chi connectivity index (χ0n) is 9.48. The number of amides is 1. The quantitative estimate of drug-likeness (QED) is 0.782. The molecule has 0 saturated carbocycles. The molecule has 5 nitrogen and oxygen atoms in total. The number of aliphatic hydroxyl groups excluding tert-OH is 1. The predicted octanol–water partition coefficient (Wildman–Crippen LogP) is 0.483. The first kappa shape index (κ1) is 12.3. The second kappa shape index (κ2) is 5.37. The van der Waals surface area contributed by atoms with E-state index in [1.54, 1.807) is 18.2 Å². The van der Waals surface area contributed by atoms with Gasteiger partial charge in [-0.3, -0.25) is 4.79 Å². The highest BCUT2D eigenvalue weighted by Gasteiger charge is 2.17. The molecule has 0 unspecified atom stereocenters. The third-order valence-corrected chi connectivity index (χ3v) is 2.22. The summed E-state index contributed by atoms with van der Waals surface area (Å²) in [5, 5.41) is 12.0. The van der Waals surface area contributed by atoms with Crippen LogP contribution in [-0.4, -0.2) is 32.3 Å². The van der Waals surface area contributed by atoms with Crippen LogP contribution in [0.15, 0.2) is 18.2 Å². The second-order valence-electron chi connectivity index (χ2n) is 3.13. The lowest BCUT2D eigenvalue weighted by molar-refractivity contribution is -0.129. The summed E-state index contributed by atoms with van der Waals surface area (Å²) in [6, 6.07) is 4.82. The standard InChI is InChI=1S/C11H15NO4/c1-12-11(14)10(13)7-4-5-8(15-2)9(6-7)16-3/h4-6,10,13H,1-3H3,(H,12,14)/t10-/m0/s1. The molecule has 88 valence electrons. The van der Waals surface area contributed by atoms with Crippen molar-refractivity contribution in [3.8, 4) is 11.5 Å². The Bertz CT molecular complexity index is 378. The smallest absolute Gasteiger partial charge is 0.253 e. The monoisotopic (exact) mass is 225 g/mol. The molecule has 0 radical (unpaired) electrons. The van der Waals surface area contributed by atoms with E-state index < -0.39 is 12.0 Å². The van der Waals surface area contributed by atoms with Crippen molar-refractivity contribution >= 4 is 5.91 Å². The molecule has 5 heteroatoms. The van der Waals surface area contributed by atoms with Crippen LogP contribution in [0, 0.1) is 0 Å². The average molecular weight is 225 g/mol. The minimum atomic E-state index is -1.20. The second-order valence-corrected chi connectivity index (χ2v) is 3.13. The maximum absolute atomic E-state index is 11.2. The van der Waals surface area contributed by atoms with Gasteiger partial charge in [-0.05, 0) is 17.7 Å². The number of aliphatic hydroxyl groups is 1. The van der Waals surface area contributed by atoms with E-state index in [9.17, 15) is 9.90 Å². The number of hydrogen-bond acceptors (Lipinski definition) is 4. The molecular weight excluding hydrogens is 210 g/mol. The van der Waals surface area contributed by atoms with Crippen LogP contribution in [0.1, 0.15) is 11.7 Å². The lowest BCUT2D eigenvalue weighted by Crippen LogP contribution is -2.25. The first-order valence-corrected chi connectivity index (χ1v) is 4.75. The molecule has 1 aromatic rings. The Balaban J connectivity index is 3.03. The van der Waals surface area contributed by atoms with Crippen molar-refractivity contribution in [1.82, 2.24) is 5.32 Å². The number of likely N-dealkylation sites (N-methyl/N-ethyl adjacent to an activating group) is 1. The molecule has 0 fully saturated rings. The molecule has 0 aliphatic carbocycles. The normalized spacial score (nSPS) is 11.8. The summed E-state index contributed by atoms with van der Waals surface area (Å²) in [6.07, 6.45) is -1.20. The van der Waals surface area contributed by atoms with Crippen molar-refractivity contribution in [2.75, 3.05) is 21.3 Å². The van der Waals surface area contributed by atoms with Gasteiger partial charge in [-0.2, -0.15) is 0 Å². The summed E-state index contributed by atoms with van der Waals surface area (Å²) < 4.78 is 10.1. The molecule has 0 spiro atoms. The molecule has 0 bridgehead atoms. The van der Waals surface area contributed by atoms with Crippen molar-refractivity contribution in [2.24, 2.45) is 0 Å². The van der Waals surface area contributed by atoms with E-state index in [2.05, 4.69) is 5.32 Å². The summed E-state index contributed by atoms with van der Waals surface area (Å²) in [7, 11) is 4.48. The largest absolute Gasteiger partial charge is 0.493 e. The van der Waals surface area contributed by atoms with Crippen LogP contribution in [-0.2, 0) is 4.79 Å². The summed E-state index contributed by atoms with van der Waals surface area (Å²) in [6.45, 7) is 0. The average Bonchev–Trinajstić information content (AvgIpc) is 2.35. The van der Waals surface area contributed by atoms with Crippen LogP contribution in [0.5, 0.6) is 11.5 Å². The third kappa shape index (κ3) is 2.43. The minimum Gasteiger partial charge on any atom is -0.493 e. The van der Waals surface area contributed by atoms with E-state index >= 15 is 0 Å². The Labute approximate surface area is 94.0 Å². The van der Waals surface area contributed by atoms with Gasteiger partial charge in [0.05, 0.1) is 14.2 Å². The van der Waals surface area contributed by atoms with Gasteiger partial charge in [0.1, 0.15) is 0 Å². The van der Waals surface area contributed by atoms with Gasteiger partial charge >= 0.3 is 0 Å². The van der Waals surface area contributed by atoms with E-state index in [0.29, 0.717) is 17.1 Å². The fraction of sp³-hybridized carbons (Fsp3) is 0.364. The van der Waals surface area contributed by atoms with Crippen LogP contribution in [0.4, 0.5) is 0 Å². The number of methoxy groups -OCH3 is 2. The van der Waals surface area contributed by atoms with E-state index in [1.807, 2.05) is 0 Å². The first-order valence-electron chi connectivity index (χ1n) is 4.75. The van der Waals surface area contributed by atoms with Gasteiger partial charge in [-0.1, -0.05) is 6.07 Å². The Morgan fingerprint density at radius 2 is 1.94 bits per heavy atom. The Hall–Kier alpha value is -1.75. The molecule has 1 rings (SSSR count). The van der Waals surface area contributed by atoms with Crippen molar-refractivity contribution < 1.29 is 19.4 Å². The fourth-order valence-corrected chi connectivity index (χ4v) is 1.31. The van der Waals surface area contributed by atoms with Crippen LogP contribution >= 0.6 is 0 Å². The molecule has 1 amide bonds. The SMILES string of the molecule is CNC(=O)[C@@H](O)c1ccc(OC)c(OC)c1. The number of hydrogen-bond donors (Lipinski definition) is 2. The lowest BCUT2D eigenvalue weighted by Gasteiger charge is -2.12. The first-order chi connectivity index (χ1) is 7.63. The van der Waals surface area contributed by atoms with Crippen molar-refractivity contribution in [3.63, 3.8) is 0 Å². The molecule has 1 aromatic carbocycles. The van der Waals surface area contributed by atoms with Crippen LogP contribution < -0.4 is 14.8 Å². The zero-order valence-corrected chi connectivity index (χ0v) is 9.48. The topological polar surface area (TPSA) is 67.8 Å². The van der Waals surface area contributed by atoms with E-state index in [-0.39, 0.29) is 0 Å². The van der Waals surface area contributed by atoms with Gasteiger partial charge in [0.15, 0.2) is 17.6 Å². The lowest BCUT2D eigenvalue weighted by atomic mass is 10.1. The molecule has 1 atom stereocenters. The van der Waals surface area contributed by atoms with Gasteiger partial charge < -0.3 is 19.9 Å². The van der Waals surface area contributed by atoms with E-state index in [1.165, 1.54) is 21.3 Å². The summed E-state index contributed by atoms with van der Waals surface area (Å²) in [4.78, 5) is 11.2. The van der Waals surface area contributed by atoms with Crippen molar-refractivity contribution in [3.05, 3.63) is 23.8 Å². The zero-order chi connectivity index (χ0) is 12.1. The molecule has 0 aromatic heterocycles. The van der Waals surface area contributed by atoms with Crippen molar-refractivity contribution in [1.29, 1.82) is 0 Å². The van der Waals surface area contributed by atoms with Crippen molar-refractivity contribution in [2.45, 2.75) is 6.10 Å². The minimum absolute atomic E-state index is 0.456. The molecule has 0 aliphatic heterocycles. The Kier molecular flexibility index (Phi) is 4.13.